The second-order valence-corrected chi connectivity index (χ2v) is 6.50. The van der Waals surface area contributed by atoms with E-state index in [4.69, 9.17) is 0 Å². The highest BCUT2D eigenvalue weighted by Crippen LogP contribution is 2.41. The molecule has 0 unspecified atom stereocenters. The van der Waals surface area contributed by atoms with Gasteiger partial charge in [0, 0.05) is 17.5 Å². The summed E-state index contributed by atoms with van der Waals surface area (Å²) >= 11 is 1.64. The van der Waals surface area contributed by atoms with E-state index in [9.17, 15) is 5.11 Å². The minimum Gasteiger partial charge on any atom is -0.390 e. The normalized spacial score (nSPS) is 23.9. The van der Waals surface area contributed by atoms with Crippen molar-refractivity contribution in [2.75, 3.05) is 0 Å². The van der Waals surface area contributed by atoms with E-state index in [1.54, 1.807) is 11.3 Å². The first-order chi connectivity index (χ1) is 6.99. The highest BCUT2D eigenvalue weighted by Gasteiger charge is 2.36. The van der Waals surface area contributed by atoms with Crippen molar-refractivity contribution in [1.29, 1.82) is 0 Å². The van der Waals surface area contributed by atoms with Gasteiger partial charge in [0.15, 0.2) is 0 Å². The van der Waals surface area contributed by atoms with E-state index in [0.29, 0.717) is 5.41 Å². The molecule has 1 aliphatic rings. The Kier molecular flexibility index (Phi) is 2.86. The minimum atomic E-state index is -0.470. The molecule has 1 N–H and O–H groups in total. The van der Waals surface area contributed by atoms with Crippen LogP contribution in [0.5, 0.6) is 0 Å². The van der Waals surface area contributed by atoms with Crippen LogP contribution in [0.2, 0.25) is 0 Å². The number of hydrogen-bond donors (Lipinski definition) is 1. The van der Waals surface area contributed by atoms with Crippen LogP contribution in [-0.2, 0) is 6.42 Å². The maximum Gasteiger partial charge on any atom is 0.0794 e. The Balaban J connectivity index is 1.98. The van der Waals surface area contributed by atoms with Gasteiger partial charge in [-0.15, -0.1) is 11.3 Å². The molecule has 15 heavy (non-hydrogen) atoms. The zero-order valence-electron chi connectivity index (χ0n) is 9.49. The summed E-state index contributed by atoms with van der Waals surface area (Å²) in [7, 11) is 0. The van der Waals surface area contributed by atoms with Crippen LogP contribution < -0.4 is 0 Å². The summed E-state index contributed by atoms with van der Waals surface area (Å²) in [6, 6.07) is 0. The SMILES string of the molecule is CC1(C)CCC(O)(Cc2cncs2)CC1. The van der Waals surface area contributed by atoms with Gasteiger partial charge in [0.05, 0.1) is 11.1 Å². The van der Waals surface area contributed by atoms with Gasteiger partial charge in [0.25, 0.3) is 0 Å². The Hall–Kier alpha value is -0.410. The van der Waals surface area contributed by atoms with Gasteiger partial charge >= 0.3 is 0 Å². The second kappa shape index (κ2) is 3.87. The van der Waals surface area contributed by atoms with Crippen LogP contribution in [0.1, 0.15) is 44.4 Å². The Morgan fingerprint density at radius 1 is 1.33 bits per heavy atom. The van der Waals surface area contributed by atoms with Crippen molar-refractivity contribution in [3.8, 4) is 0 Å². The summed E-state index contributed by atoms with van der Waals surface area (Å²) in [6.07, 6.45) is 6.77. The largest absolute Gasteiger partial charge is 0.390 e. The molecule has 3 heteroatoms. The minimum absolute atomic E-state index is 0.417. The molecule has 1 aliphatic carbocycles. The average Bonchev–Trinajstić information content (AvgIpc) is 2.64. The predicted molar refractivity (Wildman–Crippen MR) is 63.0 cm³/mol. The van der Waals surface area contributed by atoms with E-state index < -0.39 is 5.60 Å². The maximum absolute atomic E-state index is 10.5. The van der Waals surface area contributed by atoms with E-state index in [0.717, 1.165) is 32.1 Å². The zero-order valence-corrected chi connectivity index (χ0v) is 10.3. The maximum atomic E-state index is 10.5. The molecule has 2 nitrogen and oxygen atoms in total. The Morgan fingerprint density at radius 2 is 2.00 bits per heavy atom. The van der Waals surface area contributed by atoms with Crippen LogP contribution in [0.3, 0.4) is 0 Å². The van der Waals surface area contributed by atoms with Gasteiger partial charge in [-0.2, -0.15) is 0 Å². The Bertz CT molecular complexity index is 308. The lowest BCUT2D eigenvalue weighted by Crippen LogP contribution is -2.38. The monoisotopic (exact) mass is 225 g/mol. The molecule has 2 rings (SSSR count). The van der Waals surface area contributed by atoms with Crippen LogP contribution >= 0.6 is 11.3 Å². The highest BCUT2D eigenvalue weighted by molar-refractivity contribution is 7.09. The van der Waals surface area contributed by atoms with Crippen LogP contribution in [0.4, 0.5) is 0 Å². The summed E-state index contributed by atoms with van der Waals surface area (Å²) in [6.45, 7) is 4.58. The third-order valence-electron chi connectivity index (χ3n) is 3.52. The molecule has 0 saturated heterocycles. The first-order valence-electron chi connectivity index (χ1n) is 5.59. The molecule has 0 aromatic carbocycles. The lowest BCUT2D eigenvalue weighted by atomic mass is 9.70. The first kappa shape index (κ1) is 11.1. The molecule has 1 saturated carbocycles. The van der Waals surface area contributed by atoms with Crippen LogP contribution in [0.25, 0.3) is 0 Å². The fourth-order valence-corrected chi connectivity index (χ4v) is 2.95. The van der Waals surface area contributed by atoms with Gasteiger partial charge in [0.2, 0.25) is 0 Å². The standard InChI is InChI=1S/C12H19NOS/c1-11(2)3-5-12(14,6-4-11)7-10-8-13-9-15-10/h8-9,14H,3-7H2,1-2H3. The van der Waals surface area contributed by atoms with E-state index in [1.807, 2.05) is 11.7 Å². The topological polar surface area (TPSA) is 33.1 Å². The summed E-state index contributed by atoms with van der Waals surface area (Å²) in [4.78, 5) is 5.26. The van der Waals surface area contributed by atoms with Crippen molar-refractivity contribution in [3.05, 3.63) is 16.6 Å². The molecule has 0 atom stereocenters. The third-order valence-corrected chi connectivity index (χ3v) is 4.30. The van der Waals surface area contributed by atoms with Crippen LogP contribution in [-0.4, -0.2) is 15.7 Å². The van der Waals surface area contributed by atoms with Gasteiger partial charge in [-0.3, -0.25) is 4.98 Å². The molecule has 0 radical (unpaired) electrons. The molecule has 84 valence electrons. The van der Waals surface area contributed by atoms with Crippen LogP contribution in [0.15, 0.2) is 11.7 Å². The predicted octanol–water partition coefficient (Wildman–Crippen LogP) is 3.02. The quantitative estimate of drug-likeness (QED) is 0.839. The van der Waals surface area contributed by atoms with Crippen molar-refractivity contribution in [1.82, 2.24) is 4.98 Å². The number of aromatic nitrogens is 1. The van der Waals surface area contributed by atoms with Crippen molar-refractivity contribution in [2.45, 2.75) is 51.6 Å². The summed E-state index contributed by atoms with van der Waals surface area (Å²) < 4.78 is 0. The number of thiazole rings is 1. The summed E-state index contributed by atoms with van der Waals surface area (Å²) in [5.74, 6) is 0. The van der Waals surface area contributed by atoms with Gasteiger partial charge in [-0.05, 0) is 31.1 Å². The fraction of sp³-hybridized carbons (Fsp3) is 0.750. The molecule has 0 bridgehead atoms. The molecule has 1 aromatic heterocycles. The zero-order chi connectivity index (χ0) is 10.9. The van der Waals surface area contributed by atoms with E-state index >= 15 is 0 Å². The van der Waals surface area contributed by atoms with E-state index in [-0.39, 0.29) is 0 Å². The number of hydrogen-bond acceptors (Lipinski definition) is 3. The molecular formula is C12H19NOS. The number of aliphatic hydroxyl groups is 1. The molecule has 0 amide bonds. The lowest BCUT2D eigenvalue weighted by molar-refractivity contribution is -0.0245. The molecule has 1 aromatic rings. The second-order valence-electron chi connectivity index (χ2n) is 5.53. The summed E-state index contributed by atoms with van der Waals surface area (Å²) in [5.41, 5.74) is 1.79. The van der Waals surface area contributed by atoms with Crippen molar-refractivity contribution in [3.63, 3.8) is 0 Å². The molecule has 0 aliphatic heterocycles. The van der Waals surface area contributed by atoms with E-state index in [2.05, 4.69) is 18.8 Å². The average molecular weight is 225 g/mol. The lowest BCUT2D eigenvalue weighted by Gasteiger charge is -2.40. The van der Waals surface area contributed by atoms with Gasteiger partial charge in [-0.1, -0.05) is 13.8 Å². The van der Waals surface area contributed by atoms with Crippen LogP contribution in [0, 0.1) is 5.41 Å². The molecule has 1 heterocycles. The number of rotatable bonds is 2. The molecule has 1 fully saturated rings. The Morgan fingerprint density at radius 3 is 2.53 bits per heavy atom. The third kappa shape index (κ3) is 2.79. The van der Waals surface area contributed by atoms with Gasteiger partial charge in [0.1, 0.15) is 0 Å². The van der Waals surface area contributed by atoms with E-state index in [1.165, 1.54) is 4.88 Å². The van der Waals surface area contributed by atoms with Gasteiger partial charge < -0.3 is 5.11 Å². The van der Waals surface area contributed by atoms with Crippen molar-refractivity contribution >= 4 is 11.3 Å². The fourth-order valence-electron chi connectivity index (χ4n) is 2.22. The Labute approximate surface area is 95.4 Å². The highest BCUT2D eigenvalue weighted by atomic mass is 32.1. The molecule has 0 spiro atoms. The van der Waals surface area contributed by atoms with Crippen molar-refractivity contribution in [2.24, 2.45) is 5.41 Å². The van der Waals surface area contributed by atoms with Crippen molar-refractivity contribution < 1.29 is 5.11 Å². The molecular weight excluding hydrogens is 206 g/mol. The number of nitrogens with zero attached hydrogens (tertiary/aromatic N) is 1. The van der Waals surface area contributed by atoms with Gasteiger partial charge in [-0.25, -0.2) is 0 Å². The summed E-state index contributed by atoms with van der Waals surface area (Å²) in [5, 5.41) is 10.5. The first-order valence-corrected chi connectivity index (χ1v) is 6.47. The smallest absolute Gasteiger partial charge is 0.0794 e.